The molecule has 1 aromatic heterocycles. The van der Waals surface area contributed by atoms with Gasteiger partial charge < -0.3 is 20.5 Å². The number of thioether (sulfide) groups is 1. The molecule has 0 unspecified atom stereocenters. The lowest BCUT2D eigenvalue weighted by Crippen LogP contribution is -2.69. The van der Waals surface area contributed by atoms with Crippen LogP contribution in [0.15, 0.2) is 47.4 Å². The molecule has 3 aliphatic heterocycles. The molecule has 8 nitrogen and oxygen atoms in total. The molecule has 3 aliphatic rings. The lowest BCUT2D eigenvalue weighted by Gasteiger charge is -2.49. The molecule has 0 bridgehead atoms. The second kappa shape index (κ2) is 7.06. The summed E-state index contributed by atoms with van der Waals surface area (Å²) in [6, 6.07) is 3.23. The first-order valence-corrected chi connectivity index (χ1v) is 10.0. The molecule has 0 aromatic carbocycles. The van der Waals surface area contributed by atoms with Crippen LogP contribution in [0.4, 0.5) is 0 Å². The Balaban J connectivity index is 1.56. The third-order valence-corrected chi connectivity index (χ3v) is 6.54. The number of allylic oxidation sites excluding steroid dienone is 1. The molecule has 146 valence electrons. The van der Waals surface area contributed by atoms with Gasteiger partial charge in [-0.1, -0.05) is 0 Å². The number of amides is 2. The number of carboxylic acid groups (broad SMARTS) is 1. The Morgan fingerprint density at radius 1 is 1.39 bits per heavy atom. The molecule has 0 saturated carbocycles. The molecular weight excluding hydrogens is 380 g/mol. The largest absolute Gasteiger partial charge is 0.543 e. The van der Waals surface area contributed by atoms with Crippen LogP contribution in [0.5, 0.6) is 0 Å². The van der Waals surface area contributed by atoms with Crippen LogP contribution in [0.2, 0.25) is 0 Å². The van der Waals surface area contributed by atoms with E-state index in [9.17, 15) is 19.5 Å². The minimum absolute atomic E-state index is 0.114. The predicted molar refractivity (Wildman–Crippen MR) is 98.8 cm³/mol. The normalized spacial score (nSPS) is 26.0. The van der Waals surface area contributed by atoms with E-state index in [4.69, 9.17) is 5.73 Å². The van der Waals surface area contributed by atoms with E-state index < -0.39 is 17.9 Å². The molecule has 9 heteroatoms. The lowest BCUT2D eigenvalue weighted by atomic mass is 10.0. The fourth-order valence-electron chi connectivity index (χ4n) is 3.66. The zero-order valence-corrected chi connectivity index (χ0v) is 16.1. The zero-order valence-electron chi connectivity index (χ0n) is 15.3. The Kier molecular flexibility index (Phi) is 4.72. The molecule has 2 amide bonds. The average molecular weight is 400 g/mol. The van der Waals surface area contributed by atoms with Gasteiger partial charge in [-0.2, -0.15) is 0 Å². The van der Waals surface area contributed by atoms with Crippen molar-refractivity contribution >= 4 is 29.5 Å². The number of nitrogens with zero attached hydrogens (tertiary/aromatic N) is 3. The van der Waals surface area contributed by atoms with E-state index in [0.717, 1.165) is 5.56 Å². The van der Waals surface area contributed by atoms with Gasteiger partial charge >= 0.3 is 0 Å². The Morgan fingerprint density at radius 2 is 2.11 bits per heavy atom. The molecule has 2 N–H and O–H groups in total. The first-order chi connectivity index (χ1) is 13.4. The maximum Gasteiger partial charge on any atom is 0.250 e. The highest BCUT2D eigenvalue weighted by molar-refractivity contribution is 8.00. The summed E-state index contributed by atoms with van der Waals surface area (Å²) in [5, 5.41) is 11.3. The van der Waals surface area contributed by atoms with Gasteiger partial charge in [-0.3, -0.25) is 14.5 Å². The molecular formula is C19H20N4O4S. The summed E-state index contributed by atoms with van der Waals surface area (Å²) < 4.78 is 1.92. The second-order valence-electron chi connectivity index (χ2n) is 7.12. The van der Waals surface area contributed by atoms with E-state index in [1.807, 2.05) is 36.1 Å². The highest BCUT2D eigenvalue weighted by Gasteiger charge is 2.50. The van der Waals surface area contributed by atoms with E-state index in [1.54, 1.807) is 11.0 Å². The van der Waals surface area contributed by atoms with Gasteiger partial charge in [0, 0.05) is 36.5 Å². The van der Waals surface area contributed by atoms with Crippen molar-refractivity contribution in [3.05, 3.63) is 53.0 Å². The molecule has 2 saturated heterocycles. The lowest BCUT2D eigenvalue weighted by molar-refractivity contribution is -0.671. The van der Waals surface area contributed by atoms with Crippen LogP contribution in [0.3, 0.4) is 0 Å². The molecule has 4 heterocycles. The van der Waals surface area contributed by atoms with E-state index in [2.05, 4.69) is 0 Å². The molecule has 28 heavy (non-hydrogen) atoms. The second-order valence-corrected chi connectivity index (χ2v) is 8.22. The highest BCUT2D eigenvalue weighted by atomic mass is 32.2. The number of nitrogens with two attached hydrogens (primary N) is 1. The van der Waals surface area contributed by atoms with Crippen LogP contribution in [0.1, 0.15) is 12.0 Å². The van der Waals surface area contributed by atoms with Crippen molar-refractivity contribution in [1.29, 1.82) is 0 Å². The van der Waals surface area contributed by atoms with Crippen LogP contribution < -0.4 is 15.4 Å². The van der Waals surface area contributed by atoms with E-state index in [1.165, 1.54) is 16.7 Å². The Bertz CT molecular complexity index is 924. The van der Waals surface area contributed by atoms with Crippen LogP contribution in [-0.2, 0) is 28.0 Å². The molecule has 0 aliphatic carbocycles. The van der Waals surface area contributed by atoms with E-state index >= 15 is 0 Å². The molecule has 1 aromatic rings. The molecule has 0 radical (unpaired) electrons. The quantitative estimate of drug-likeness (QED) is 0.371. The van der Waals surface area contributed by atoms with Gasteiger partial charge in [-0.05, 0) is 23.6 Å². The van der Waals surface area contributed by atoms with Gasteiger partial charge in [0.25, 0.3) is 0 Å². The fraction of sp³-hybridized carbons (Fsp3) is 0.368. The highest BCUT2D eigenvalue weighted by Crippen LogP contribution is 2.40. The maximum atomic E-state index is 12.8. The third kappa shape index (κ3) is 3.10. The minimum atomic E-state index is -1.42. The number of hydrogen-bond donors (Lipinski definition) is 1. The number of aryl methyl sites for hydroxylation is 1. The van der Waals surface area contributed by atoms with Gasteiger partial charge in [0.1, 0.15) is 18.5 Å². The van der Waals surface area contributed by atoms with Crippen molar-refractivity contribution < 1.29 is 24.1 Å². The van der Waals surface area contributed by atoms with Gasteiger partial charge in [-0.25, -0.2) is 4.57 Å². The first-order valence-electron chi connectivity index (χ1n) is 8.95. The number of rotatable bonds is 4. The number of pyridine rings is 1. The summed E-state index contributed by atoms with van der Waals surface area (Å²) in [6.45, 7) is 1.07. The number of likely N-dealkylation sites (tertiary alicyclic amines) is 1. The first kappa shape index (κ1) is 18.7. The van der Waals surface area contributed by atoms with Gasteiger partial charge in [-0.15, -0.1) is 11.8 Å². The summed E-state index contributed by atoms with van der Waals surface area (Å²) in [4.78, 5) is 39.3. The van der Waals surface area contributed by atoms with E-state index in [-0.39, 0.29) is 17.0 Å². The Hall–Kier alpha value is -2.65. The van der Waals surface area contributed by atoms with Crippen LogP contribution >= 0.6 is 11.8 Å². The molecule has 2 fully saturated rings. The summed E-state index contributed by atoms with van der Waals surface area (Å²) >= 11 is 1.40. The predicted octanol–water partition coefficient (Wildman–Crippen LogP) is -1.58. The standard InChI is InChI=1S/C19H20N4O4S/c1-21-5-2-11(3-6-21)9-22-7-4-12(16(22)24)8-13-10-28-18-14(20)17(25)23(18)15(13)19(26)27/h2-3,5-6,8,14,18H,4,7,9-10,20H2,1H3/b12-8+/t14-,18-/m1/s1. The monoisotopic (exact) mass is 400 g/mol. The number of carbonyl (C=O) groups is 3. The number of aromatic nitrogens is 1. The zero-order chi connectivity index (χ0) is 20.0. The van der Waals surface area contributed by atoms with Gasteiger partial charge in [0.15, 0.2) is 12.4 Å². The molecule has 0 spiro atoms. The van der Waals surface area contributed by atoms with Crippen molar-refractivity contribution in [1.82, 2.24) is 9.80 Å². The van der Waals surface area contributed by atoms with Crippen molar-refractivity contribution in [3.63, 3.8) is 0 Å². The fourth-order valence-corrected chi connectivity index (χ4v) is 4.91. The number of carbonyl (C=O) groups excluding carboxylic acids is 3. The number of β-lactam (4-membered cyclic amide) rings is 1. The topological polar surface area (TPSA) is 111 Å². The minimum Gasteiger partial charge on any atom is -0.543 e. The van der Waals surface area contributed by atoms with Gasteiger partial charge in [0.05, 0.1) is 11.7 Å². The van der Waals surface area contributed by atoms with Crippen LogP contribution in [0.25, 0.3) is 0 Å². The van der Waals surface area contributed by atoms with Crippen molar-refractivity contribution in [2.24, 2.45) is 12.8 Å². The third-order valence-electron chi connectivity index (χ3n) is 5.21. The Morgan fingerprint density at radius 3 is 2.79 bits per heavy atom. The average Bonchev–Trinajstić information content (AvgIpc) is 3.02. The number of carboxylic acids is 1. The van der Waals surface area contributed by atoms with E-state index in [0.29, 0.717) is 36.4 Å². The van der Waals surface area contributed by atoms with Crippen molar-refractivity contribution in [2.45, 2.75) is 24.4 Å². The summed E-state index contributed by atoms with van der Waals surface area (Å²) in [6.07, 6.45) is 5.99. The summed E-state index contributed by atoms with van der Waals surface area (Å²) in [5.41, 5.74) is 7.59. The SMILES string of the molecule is C[n+]1ccc(CN2CC/C(=C\C3=C(C(=O)[O-])N4C(=O)[C@@H](N)[C@H]4SC3)C2=O)cc1. The Labute approximate surface area is 166 Å². The summed E-state index contributed by atoms with van der Waals surface area (Å²) in [5.74, 6) is -1.59. The smallest absolute Gasteiger partial charge is 0.250 e. The van der Waals surface area contributed by atoms with Crippen LogP contribution in [0, 0.1) is 0 Å². The van der Waals surface area contributed by atoms with Crippen molar-refractivity contribution in [3.8, 4) is 0 Å². The summed E-state index contributed by atoms with van der Waals surface area (Å²) in [7, 11) is 1.93. The van der Waals surface area contributed by atoms with Gasteiger partial charge in [0.2, 0.25) is 11.8 Å². The number of hydrogen-bond acceptors (Lipinski definition) is 6. The van der Waals surface area contributed by atoms with Crippen LogP contribution in [-0.4, -0.2) is 51.3 Å². The number of aliphatic carboxylic acids is 1. The number of fused-ring (bicyclic) bond motifs is 1. The molecule has 2 atom stereocenters. The van der Waals surface area contributed by atoms with Crippen molar-refractivity contribution in [2.75, 3.05) is 12.3 Å². The maximum absolute atomic E-state index is 12.8. The molecule has 4 rings (SSSR count).